The van der Waals surface area contributed by atoms with Gasteiger partial charge < -0.3 is 25.0 Å². The topological polar surface area (TPSA) is 75.7 Å². The number of amides is 1. The van der Waals surface area contributed by atoms with Gasteiger partial charge in [0.2, 0.25) is 5.91 Å². The molecule has 132 valence electrons. The van der Waals surface area contributed by atoms with E-state index in [1.54, 1.807) is 7.11 Å². The Balaban J connectivity index is 1.64. The van der Waals surface area contributed by atoms with Crippen molar-refractivity contribution < 1.29 is 14.3 Å². The molecule has 2 N–H and O–H groups in total. The lowest BCUT2D eigenvalue weighted by molar-refractivity contribution is -0.130. The molecule has 1 amide bonds. The molecule has 2 aliphatic heterocycles. The number of methoxy groups -OCH3 is 1. The number of nitrogens with one attached hydrogen (secondary N) is 2. The van der Waals surface area contributed by atoms with E-state index >= 15 is 0 Å². The van der Waals surface area contributed by atoms with E-state index in [-0.39, 0.29) is 5.91 Å². The first-order valence-electron chi connectivity index (χ1n) is 8.53. The van der Waals surface area contributed by atoms with Crippen LogP contribution in [0.2, 0.25) is 0 Å². The molecule has 3 rings (SSSR count). The number of morpholine rings is 1. The van der Waals surface area contributed by atoms with Crippen LogP contribution < -0.4 is 15.5 Å². The number of pyridine rings is 1. The molecule has 0 aliphatic carbocycles. The molecule has 7 nitrogen and oxygen atoms in total. The number of hydrogen-bond acceptors (Lipinski definition) is 6. The Bertz CT molecular complexity index is 532. The van der Waals surface area contributed by atoms with Gasteiger partial charge in [0.15, 0.2) is 0 Å². The van der Waals surface area contributed by atoms with Crippen molar-refractivity contribution in [3.05, 3.63) is 18.3 Å². The van der Waals surface area contributed by atoms with Crippen molar-refractivity contribution in [2.45, 2.75) is 12.8 Å². The van der Waals surface area contributed by atoms with Gasteiger partial charge in [-0.2, -0.15) is 0 Å². The molecular formula is C17H26N4O3. The van der Waals surface area contributed by atoms with E-state index in [2.05, 4.69) is 20.5 Å². The normalized spacial score (nSPS) is 20.6. The summed E-state index contributed by atoms with van der Waals surface area (Å²) in [7, 11) is 1.65. The predicted octanol–water partition coefficient (Wildman–Crippen LogP) is 0.873. The SMILES string of the molecule is COCC1(C(=O)Nc2ccc(N3CCOCC3)cn2)CCNCC1. The van der Waals surface area contributed by atoms with E-state index < -0.39 is 5.41 Å². The van der Waals surface area contributed by atoms with Crippen LogP contribution in [0.1, 0.15) is 12.8 Å². The molecule has 3 heterocycles. The van der Waals surface area contributed by atoms with Crippen molar-refractivity contribution in [3.8, 4) is 0 Å². The molecule has 0 radical (unpaired) electrons. The fourth-order valence-electron chi connectivity index (χ4n) is 3.34. The highest BCUT2D eigenvalue weighted by Gasteiger charge is 2.39. The van der Waals surface area contributed by atoms with Gasteiger partial charge in [-0.15, -0.1) is 0 Å². The molecule has 2 fully saturated rings. The molecule has 2 aliphatic rings. The number of carbonyl (C=O) groups excluding carboxylic acids is 1. The summed E-state index contributed by atoms with van der Waals surface area (Å²) in [4.78, 5) is 19.4. The van der Waals surface area contributed by atoms with Crippen LogP contribution in [-0.2, 0) is 14.3 Å². The van der Waals surface area contributed by atoms with E-state index in [0.717, 1.165) is 57.9 Å². The second-order valence-corrected chi connectivity index (χ2v) is 6.42. The van der Waals surface area contributed by atoms with Crippen LogP contribution >= 0.6 is 0 Å². The molecule has 24 heavy (non-hydrogen) atoms. The molecule has 0 saturated carbocycles. The molecular weight excluding hydrogens is 308 g/mol. The smallest absolute Gasteiger partial charge is 0.234 e. The number of anilines is 2. The second-order valence-electron chi connectivity index (χ2n) is 6.42. The molecule has 1 aromatic rings. The van der Waals surface area contributed by atoms with Gasteiger partial charge in [0, 0.05) is 20.2 Å². The zero-order chi connectivity index (χ0) is 16.8. The number of ether oxygens (including phenoxy) is 2. The van der Waals surface area contributed by atoms with Crippen LogP contribution in [0.15, 0.2) is 18.3 Å². The number of aromatic nitrogens is 1. The van der Waals surface area contributed by atoms with Gasteiger partial charge in [-0.05, 0) is 38.1 Å². The molecule has 0 unspecified atom stereocenters. The average Bonchev–Trinajstić information content (AvgIpc) is 2.64. The summed E-state index contributed by atoms with van der Waals surface area (Å²) in [5, 5.41) is 6.26. The molecule has 1 aromatic heterocycles. The quantitative estimate of drug-likeness (QED) is 0.832. The lowest BCUT2D eigenvalue weighted by atomic mass is 9.78. The molecule has 0 spiro atoms. The van der Waals surface area contributed by atoms with Crippen molar-refractivity contribution in [3.63, 3.8) is 0 Å². The van der Waals surface area contributed by atoms with Crippen LogP contribution in [0.5, 0.6) is 0 Å². The molecule has 7 heteroatoms. The van der Waals surface area contributed by atoms with E-state index in [4.69, 9.17) is 9.47 Å². The number of nitrogens with zero attached hydrogens (tertiary/aromatic N) is 2. The van der Waals surface area contributed by atoms with E-state index in [1.165, 1.54) is 0 Å². The van der Waals surface area contributed by atoms with Crippen LogP contribution in [0, 0.1) is 5.41 Å². The third kappa shape index (κ3) is 3.85. The van der Waals surface area contributed by atoms with E-state index in [1.807, 2.05) is 18.3 Å². The Morgan fingerprint density at radius 2 is 2.12 bits per heavy atom. The third-order valence-corrected chi connectivity index (χ3v) is 4.83. The third-order valence-electron chi connectivity index (χ3n) is 4.83. The minimum Gasteiger partial charge on any atom is -0.384 e. The van der Waals surface area contributed by atoms with Gasteiger partial charge in [0.25, 0.3) is 0 Å². The van der Waals surface area contributed by atoms with Gasteiger partial charge in [-0.3, -0.25) is 4.79 Å². The minimum absolute atomic E-state index is 0.00234. The largest absolute Gasteiger partial charge is 0.384 e. The fraction of sp³-hybridized carbons (Fsp3) is 0.647. The van der Waals surface area contributed by atoms with Crippen molar-refractivity contribution in [2.24, 2.45) is 5.41 Å². The maximum Gasteiger partial charge on any atom is 0.234 e. The Morgan fingerprint density at radius 1 is 1.38 bits per heavy atom. The van der Waals surface area contributed by atoms with Crippen molar-refractivity contribution in [1.82, 2.24) is 10.3 Å². The summed E-state index contributed by atoms with van der Waals surface area (Å²) in [6, 6.07) is 3.86. The van der Waals surface area contributed by atoms with Gasteiger partial charge in [-0.1, -0.05) is 0 Å². The maximum atomic E-state index is 12.8. The fourth-order valence-corrected chi connectivity index (χ4v) is 3.34. The van der Waals surface area contributed by atoms with Crippen LogP contribution in [0.3, 0.4) is 0 Å². The minimum atomic E-state index is -0.468. The highest BCUT2D eigenvalue weighted by atomic mass is 16.5. The van der Waals surface area contributed by atoms with Crippen molar-refractivity contribution in [2.75, 3.05) is 63.3 Å². The van der Waals surface area contributed by atoms with Crippen LogP contribution in [-0.4, -0.2) is 64.0 Å². The lowest BCUT2D eigenvalue weighted by Gasteiger charge is -2.35. The first-order chi connectivity index (χ1) is 11.7. The first-order valence-corrected chi connectivity index (χ1v) is 8.53. The summed E-state index contributed by atoms with van der Waals surface area (Å²) < 4.78 is 10.7. The van der Waals surface area contributed by atoms with Crippen LogP contribution in [0.4, 0.5) is 11.5 Å². The summed E-state index contributed by atoms with van der Waals surface area (Å²) in [6.45, 7) is 5.33. The monoisotopic (exact) mass is 334 g/mol. The van der Waals surface area contributed by atoms with Gasteiger partial charge in [0.1, 0.15) is 5.82 Å². The summed E-state index contributed by atoms with van der Waals surface area (Å²) in [5.74, 6) is 0.587. The van der Waals surface area contributed by atoms with Gasteiger partial charge in [-0.25, -0.2) is 4.98 Å². The highest BCUT2D eigenvalue weighted by molar-refractivity contribution is 5.94. The van der Waals surface area contributed by atoms with Crippen molar-refractivity contribution in [1.29, 1.82) is 0 Å². The maximum absolute atomic E-state index is 12.8. The average molecular weight is 334 g/mol. The zero-order valence-corrected chi connectivity index (χ0v) is 14.2. The predicted molar refractivity (Wildman–Crippen MR) is 92.3 cm³/mol. The van der Waals surface area contributed by atoms with Gasteiger partial charge in [0.05, 0.1) is 37.1 Å². The lowest BCUT2D eigenvalue weighted by Crippen LogP contribution is -2.47. The Labute approximate surface area is 142 Å². The Hall–Kier alpha value is -1.70. The number of hydrogen-bond donors (Lipinski definition) is 2. The molecule has 0 atom stereocenters. The Morgan fingerprint density at radius 3 is 2.75 bits per heavy atom. The van der Waals surface area contributed by atoms with Crippen LogP contribution in [0.25, 0.3) is 0 Å². The van der Waals surface area contributed by atoms with E-state index in [0.29, 0.717) is 12.4 Å². The number of piperidine rings is 1. The number of carbonyl (C=O) groups is 1. The zero-order valence-electron chi connectivity index (χ0n) is 14.2. The Kier molecular flexibility index (Phi) is 5.65. The summed E-state index contributed by atoms with van der Waals surface area (Å²) in [5.41, 5.74) is 0.592. The van der Waals surface area contributed by atoms with Crippen molar-refractivity contribution >= 4 is 17.4 Å². The number of rotatable bonds is 5. The summed E-state index contributed by atoms with van der Waals surface area (Å²) in [6.07, 6.45) is 3.36. The molecule has 0 aromatic carbocycles. The van der Waals surface area contributed by atoms with Gasteiger partial charge >= 0.3 is 0 Å². The molecule has 0 bridgehead atoms. The standard InChI is InChI=1S/C17H26N4O3/c1-23-13-17(4-6-18-7-5-17)16(22)20-15-3-2-14(12-19-15)21-8-10-24-11-9-21/h2-3,12,18H,4-11,13H2,1H3,(H,19,20,22). The summed E-state index contributed by atoms with van der Waals surface area (Å²) >= 11 is 0. The highest BCUT2D eigenvalue weighted by Crippen LogP contribution is 2.30. The van der Waals surface area contributed by atoms with E-state index in [9.17, 15) is 4.79 Å². The second kappa shape index (κ2) is 7.92. The first kappa shape index (κ1) is 17.1. The molecule has 2 saturated heterocycles.